The van der Waals surface area contributed by atoms with Gasteiger partial charge in [-0.2, -0.15) is 13.2 Å². The SMILES string of the molecule is O=C(/C=C(\O)c1ccccc1)C(F)(F)F.O=P(c1ccccc1)(c1ccccc1)c1ccccc1.[Eu]. The van der Waals surface area contributed by atoms with Gasteiger partial charge in [0.05, 0.1) is 0 Å². The number of carbonyl (C=O) groups excluding carboxylic acids is 1. The summed E-state index contributed by atoms with van der Waals surface area (Å²) in [5.41, 5.74) is 0.162. The van der Waals surface area contributed by atoms with Crippen molar-refractivity contribution in [3.8, 4) is 0 Å². The second-order valence-corrected chi connectivity index (χ2v) is 10.1. The maximum Gasteiger partial charge on any atom is 0.454 e. The van der Waals surface area contributed by atoms with Crippen molar-refractivity contribution in [1.82, 2.24) is 0 Å². The molecule has 4 aromatic rings. The van der Waals surface area contributed by atoms with E-state index in [1.807, 2.05) is 91.0 Å². The standard InChI is InChI=1S/C18H15OP.C10H7F3O2.Eu/c19-20(16-10-4-1-5-11-16,17-12-6-2-7-13-17)18-14-8-3-9-15-18;11-10(12,13)9(15)6-8(14)7-4-2-1-3-5-7;/h1-15H;1-6,14H;/b;8-6-;. The Morgan fingerprint density at radius 3 is 1.25 bits per heavy atom. The van der Waals surface area contributed by atoms with Crippen LogP contribution < -0.4 is 15.9 Å². The molecule has 4 rings (SSSR count). The van der Waals surface area contributed by atoms with Gasteiger partial charge in [0.1, 0.15) is 5.76 Å². The van der Waals surface area contributed by atoms with Crippen LogP contribution in [0.15, 0.2) is 127 Å². The van der Waals surface area contributed by atoms with Crippen LogP contribution in [0.3, 0.4) is 0 Å². The van der Waals surface area contributed by atoms with Crippen molar-refractivity contribution in [1.29, 1.82) is 0 Å². The van der Waals surface area contributed by atoms with Crippen LogP contribution in [-0.2, 0) is 9.36 Å². The van der Waals surface area contributed by atoms with E-state index >= 15 is 0 Å². The molecule has 0 aliphatic carbocycles. The fourth-order valence-corrected chi connectivity index (χ4v) is 5.93. The molecule has 0 atom stereocenters. The van der Waals surface area contributed by atoms with E-state index in [1.165, 1.54) is 24.3 Å². The van der Waals surface area contributed by atoms with Gasteiger partial charge in [0, 0.05) is 76.9 Å². The van der Waals surface area contributed by atoms with Gasteiger partial charge >= 0.3 is 6.18 Å². The molecule has 0 saturated carbocycles. The molecule has 0 unspecified atom stereocenters. The third-order valence-corrected chi connectivity index (χ3v) is 8.05. The van der Waals surface area contributed by atoms with Gasteiger partial charge in [0.2, 0.25) is 0 Å². The van der Waals surface area contributed by atoms with Crippen LogP contribution in [0.2, 0.25) is 0 Å². The molecule has 185 valence electrons. The Hall–Kier alpha value is -2.31. The van der Waals surface area contributed by atoms with Gasteiger partial charge in [-0.05, 0) is 0 Å². The molecule has 0 aliphatic rings. The topological polar surface area (TPSA) is 54.4 Å². The molecular weight excluding hydrogens is 624 g/mol. The minimum atomic E-state index is -4.96. The first-order valence-corrected chi connectivity index (χ1v) is 12.3. The fraction of sp³-hybridized carbons (Fsp3) is 0.0357. The molecule has 0 bridgehead atoms. The predicted octanol–water partition coefficient (Wildman–Crippen LogP) is 6.04. The summed E-state index contributed by atoms with van der Waals surface area (Å²) in [5, 5.41) is 11.8. The number of allylic oxidation sites excluding steroid dienone is 1. The molecule has 1 radical (unpaired) electrons. The van der Waals surface area contributed by atoms with E-state index in [1.54, 1.807) is 6.07 Å². The zero-order valence-corrected chi connectivity index (χ0v) is 22.2. The molecule has 8 heteroatoms. The number of halogens is 3. The summed E-state index contributed by atoms with van der Waals surface area (Å²) in [6.07, 6.45) is -4.79. The summed E-state index contributed by atoms with van der Waals surface area (Å²) < 4.78 is 49.3. The van der Waals surface area contributed by atoms with Gasteiger partial charge in [-0.1, -0.05) is 121 Å². The molecule has 0 aromatic heterocycles. The third-order valence-electron chi connectivity index (χ3n) is 4.98. The summed E-state index contributed by atoms with van der Waals surface area (Å²) in [6.45, 7) is 0. The van der Waals surface area contributed by atoms with E-state index in [2.05, 4.69) is 0 Å². The van der Waals surface area contributed by atoms with Crippen LogP contribution in [0.1, 0.15) is 5.56 Å². The summed E-state index contributed by atoms with van der Waals surface area (Å²) in [7, 11) is -2.78. The Labute approximate surface area is 248 Å². The van der Waals surface area contributed by atoms with Crippen LogP contribution in [-0.4, -0.2) is 17.1 Å². The van der Waals surface area contributed by atoms with E-state index in [0.29, 0.717) is 0 Å². The van der Waals surface area contributed by atoms with Crippen LogP contribution in [0.4, 0.5) is 13.2 Å². The minimum absolute atomic E-state index is 0. The second kappa shape index (κ2) is 13.9. The zero-order chi connectivity index (χ0) is 25.3. The Morgan fingerprint density at radius 1 is 0.639 bits per heavy atom. The summed E-state index contributed by atoms with van der Waals surface area (Å²) >= 11 is 0. The number of carbonyl (C=O) groups is 1. The number of hydrogen-bond donors (Lipinski definition) is 1. The number of hydrogen-bond acceptors (Lipinski definition) is 3. The van der Waals surface area contributed by atoms with Crippen LogP contribution in [0.25, 0.3) is 5.76 Å². The van der Waals surface area contributed by atoms with Crippen molar-refractivity contribution in [2.75, 3.05) is 0 Å². The molecule has 3 nitrogen and oxygen atoms in total. The maximum atomic E-state index is 13.8. The van der Waals surface area contributed by atoms with Gasteiger partial charge in [-0.15, -0.1) is 0 Å². The molecule has 0 aliphatic heterocycles. The summed E-state index contributed by atoms with van der Waals surface area (Å²) in [4.78, 5) is 10.5. The molecule has 1 N–H and O–H groups in total. The molecule has 0 saturated heterocycles. The second-order valence-electron chi connectivity index (χ2n) is 7.37. The molecule has 0 spiro atoms. The first-order chi connectivity index (χ1) is 16.7. The van der Waals surface area contributed by atoms with Crippen LogP contribution in [0.5, 0.6) is 0 Å². The average Bonchev–Trinajstić information content (AvgIpc) is 2.90. The van der Waals surface area contributed by atoms with Gasteiger partial charge in [0.15, 0.2) is 7.14 Å². The molecule has 0 amide bonds. The number of ketones is 1. The first-order valence-electron chi connectivity index (χ1n) is 10.6. The van der Waals surface area contributed by atoms with E-state index < -0.39 is 24.9 Å². The van der Waals surface area contributed by atoms with Crippen molar-refractivity contribution >= 4 is 34.6 Å². The number of aliphatic hydroxyl groups excluding tert-OH is 1. The quantitative estimate of drug-likeness (QED) is 0.164. The molecule has 4 aromatic carbocycles. The summed E-state index contributed by atoms with van der Waals surface area (Å²) in [5.74, 6) is -2.78. The Morgan fingerprint density at radius 2 is 0.944 bits per heavy atom. The third kappa shape index (κ3) is 7.85. The van der Waals surface area contributed by atoms with Gasteiger partial charge in [-0.3, -0.25) is 4.79 Å². The number of benzene rings is 4. The van der Waals surface area contributed by atoms with Crippen molar-refractivity contribution in [3.05, 3.63) is 133 Å². The summed E-state index contributed by atoms with van der Waals surface area (Å²) in [6, 6.07) is 36.7. The predicted molar refractivity (Wildman–Crippen MR) is 134 cm³/mol. The maximum absolute atomic E-state index is 13.8. The van der Waals surface area contributed by atoms with Crippen molar-refractivity contribution in [2.24, 2.45) is 0 Å². The van der Waals surface area contributed by atoms with E-state index in [4.69, 9.17) is 0 Å². The molecule has 0 fully saturated rings. The molecular formula is C28H22EuF3O3P. The van der Waals surface area contributed by atoms with Crippen molar-refractivity contribution in [2.45, 2.75) is 6.18 Å². The van der Waals surface area contributed by atoms with E-state index in [0.717, 1.165) is 15.9 Å². The van der Waals surface area contributed by atoms with E-state index in [-0.39, 0.29) is 61.0 Å². The van der Waals surface area contributed by atoms with Crippen molar-refractivity contribution in [3.63, 3.8) is 0 Å². The van der Waals surface area contributed by atoms with Gasteiger partial charge < -0.3 is 9.67 Å². The minimum Gasteiger partial charge on any atom is -0.507 e. The largest absolute Gasteiger partial charge is 0.507 e. The normalized spacial score (nSPS) is 11.5. The number of alkyl halides is 3. The van der Waals surface area contributed by atoms with Crippen molar-refractivity contribution < 1.29 is 77.0 Å². The first kappa shape index (κ1) is 29.9. The Bertz CT molecular complexity index is 1210. The molecule has 0 heterocycles. The van der Waals surface area contributed by atoms with Gasteiger partial charge in [-0.25, -0.2) is 0 Å². The van der Waals surface area contributed by atoms with Crippen LogP contribution in [0, 0.1) is 49.4 Å². The zero-order valence-electron chi connectivity index (χ0n) is 18.8. The average molecular weight is 646 g/mol. The molecule has 36 heavy (non-hydrogen) atoms. The fourth-order valence-electron chi connectivity index (χ4n) is 3.26. The van der Waals surface area contributed by atoms with Gasteiger partial charge in [0.25, 0.3) is 5.78 Å². The Kier molecular flexibility index (Phi) is 11.5. The smallest absolute Gasteiger partial charge is 0.454 e. The Balaban J connectivity index is 0.000000258. The number of aliphatic hydroxyl groups is 1. The van der Waals surface area contributed by atoms with Crippen LogP contribution >= 0.6 is 7.14 Å². The monoisotopic (exact) mass is 647 g/mol. The van der Waals surface area contributed by atoms with E-state index in [9.17, 15) is 27.6 Å². The number of rotatable bonds is 5.